The van der Waals surface area contributed by atoms with Crippen molar-refractivity contribution in [3.05, 3.63) is 71.5 Å². The zero-order chi connectivity index (χ0) is 22.2. The molecule has 2 aromatic carbocycles. The number of rotatable bonds is 5. The maximum absolute atomic E-state index is 13.7. The first-order valence-corrected chi connectivity index (χ1v) is 8.41. The Labute approximate surface area is 165 Å². The van der Waals surface area contributed by atoms with E-state index >= 15 is 0 Å². The fraction of sp³-hybridized carbons (Fsp3) is 0.278. The topological polar surface area (TPSA) is 73.1 Å². The van der Waals surface area contributed by atoms with E-state index in [-0.39, 0.29) is 0 Å². The van der Waals surface area contributed by atoms with Crippen molar-refractivity contribution in [3.63, 3.8) is 0 Å². The molecule has 30 heavy (non-hydrogen) atoms. The second-order valence-electron chi connectivity index (χ2n) is 6.29. The molecule has 0 amide bonds. The van der Waals surface area contributed by atoms with E-state index in [1.807, 2.05) is 0 Å². The minimum atomic E-state index is -5.14. The first-order chi connectivity index (χ1) is 13.9. The van der Waals surface area contributed by atoms with E-state index in [4.69, 9.17) is 0 Å². The molecule has 0 bridgehead atoms. The number of para-hydroxylation sites is 1. The monoisotopic (exact) mass is 432 g/mol. The number of benzene rings is 2. The van der Waals surface area contributed by atoms with Gasteiger partial charge < -0.3 is 9.84 Å². The van der Waals surface area contributed by atoms with Crippen LogP contribution in [0.2, 0.25) is 0 Å². The summed E-state index contributed by atoms with van der Waals surface area (Å²) in [6, 6.07) is 7.01. The number of alkyl halides is 6. The number of hydrogen-bond donors (Lipinski definition) is 1. The van der Waals surface area contributed by atoms with E-state index in [0.29, 0.717) is 0 Å². The summed E-state index contributed by atoms with van der Waals surface area (Å²) >= 11 is 0. The molecule has 1 heterocycles. The smallest absolute Gasteiger partial charge is 0.405 e. The Morgan fingerprint density at radius 2 is 1.47 bits per heavy atom. The van der Waals surface area contributed by atoms with Gasteiger partial charge in [-0.2, -0.15) is 18.0 Å². The lowest BCUT2D eigenvalue weighted by atomic mass is 9.78. The molecule has 6 nitrogen and oxygen atoms in total. The molecule has 0 aliphatic carbocycles. The van der Waals surface area contributed by atoms with Gasteiger partial charge in [-0.3, -0.25) is 0 Å². The summed E-state index contributed by atoms with van der Waals surface area (Å²) in [6.45, 7) is 1.25. The fourth-order valence-corrected chi connectivity index (χ4v) is 3.17. The van der Waals surface area contributed by atoms with Gasteiger partial charge in [-0.1, -0.05) is 36.4 Å². The average molecular weight is 432 g/mol. The molecule has 0 aliphatic heterocycles. The number of halogens is 6. The van der Waals surface area contributed by atoms with Crippen molar-refractivity contribution in [3.8, 4) is 5.75 Å². The molecule has 3 rings (SSSR count). The SMILES string of the molecule is CC(n1ncnn1)C(O)(c1ccccc1OC(F)(F)F)c1ccccc1C(F)(F)F. The summed E-state index contributed by atoms with van der Waals surface area (Å²) < 4.78 is 83.9. The molecular weight excluding hydrogens is 418 g/mol. The fourth-order valence-electron chi connectivity index (χ4n) is 3.17. The van der Waals surface area contributed by atoms with Crippen molar-refractivity contribution in [2.24, 2.45) is 0 Å². The summed E-state index contributed by atoms with van der Waals surface area (Å²) in [7, 11) is 0. The summed E-state index contributed by atoms with van der Waals surface area (Å²) in [4.78, 5) is 0.803. The van der Waals surface area contributed by atoms with Gasteiger partial charge >= 0.3 is 12.5 Å². The molecule has 2 unspecified atom stereocenters. The highest BCUT2D eigenvalue weighted by molar-refractivity contribution is 5.49. The first-order valence-electron chi connectivity index (χ1n) is 8.41. The van der Waals surface area contributed by atoms with Crippen LogP contribution >= 0.6 is 0 Å². The number of nitrogens with zero attached hydrogens (tertiary/aromatic N) is 4. The molecule has 0 fully saturated rings. The van der Waals surface area contributed by atoms with E-state index in [1.165, 1.54) is 25.1 Å². The minimum absolute atomic E-state index is 0.552. The zero-order valence-corrected chi connectivity index (χ0v) is 15.2. The quantitative estimate of drug-likeness (QED) is 0.615. The lowest BCUT2D eigenvalue weighted by molar-refractivity contribution is -0.275. The van der Waals surface area contributed by atoms with E-state index in [0.717, 1.165) is 41.5 Å². The van der Waals surface area contributed by atoms with Crippen molar-refractivity contribution >= 4 is 0 Å². The van der Waals surface area contributed by atoms with Crippen LogP contribution in [0.3, 0.4) is 0 Å². The Kier molecular flexibility index (Phi) is 5.46. The van der Waals surface area contributed by atoms with Gasteiger partial charge in [0.2, 0.25) is 0 Å². The standard InChI is InChI=1S/C18H14F6N4O2/c1-11(28-26-10-25-27-28)16(29,12-6-2-3-7-13(12)17(19,20)21)14-8-4-5-9-15(14)30-18(22,23)24/h2-11,29H,1H3. The van der Waals surface area contributed by atoms with Crippen LogP contribution in [0.1, 0.15) is 29.7 Å². The Morgan fingerprint density at radius 1 is 0.900 bits per heavy atom. The molecular formula is C18H14F6N4O2. The lowest BCUT2D eigenvalue weighted by Gasteiger charge is -2.36. The number of aromatic nitrogens is 4. The van der Waals surface area contributed by atoms with Crippen molar-refractivity contribution < 1.29 is 36.2 Å². The molecule has 0 spiro atoms. The normalized spacial score (nSPS) is 15.5. The second-order valence-corrected chi connectivity index (χ2v) is 6.29. The highest BCUT2D eigenvalue weighted by Crippen LogP contribution is 2.47. The van der Waals surface area contributed by atoms with Crippen molar-refractivity contribution in [2.75, 3.05) is 0 Å². The predicted octanol–water partition coefficient (Wildman–Crippen LogP) is 4.09. The van der Waals surface area contributed by atoms with Gasteiger partial charge in [0.05, 0.1) is 5.56 Å². The molecule has 1 N–H and O–H groups in total. The number of ether oxygens (including phenoxy) is 1. The van der Waals surface area contributed by atoms with Crippen LogP contribution in [-0.4, -0.2) is 31.7 Å². The third-order valence-electron chi connectivity index (χ3n) is 4.48. The Balaban J connectivity index is 2.33. The number of tetrazole rings is 1. The summed E-state index contributed by atoms with van der Waals surface area (Å²) in [5.41, 5.74) is -5.15. The molecule has 0 aliphatic rings. The maximum Gasteiger partial charge on any atom is 0.573 e. The van der Waals surface area contributed by atoms with Gasteiger partial charge in [0, 0.05) is 11.1 Å². The van der Waals surface area contributed by atoms with E-state index in [9.17, 15) is 31.4 Å². The van der Waals surface area contributed by atoms with Gasteiger partial charge in [-0.15, -0.1) is 23.4 Å². The molecule has 12 heteroatoms. The van der Waals surface area contributed by atoms with Crippen molar-refractivity contribution in [2.45, 2.75) is 31.1 Å². The summed E-state index contributed by atoms with van der Waals surface area (Å²) in [6.07, 6.45) is -9.07. The first kappa shape index (κ1) is 21.6. The van der Waals surface area contributed by atoms with Crippen LogP contribution in [0.25, 0.3) is 0 Å². The summed E-state index contributed by atoms with van der Waals surface area (Å²) in [5, 5.41) is 22.4. The van der Waals surface area contributed by atoms with Gasteiger partial charge in [0.25, 0.3) is 0 Å². The third-order valence-corrected chi connectivity index (χ3v) is 4.48. The Hall–Kier alpha value is -3.15. The van der Waals surface area contributed by atoms with E-state index in [1.54, 1.807) is 0 Å². The van der Waals surface area contributed by atoms with Gasteiger partial charge in [0.15, 0.2) is 6.33 Å². The van der Waals surface area contributed by atoms with Crippen molar-refractivity contribution in [1.29, 1.82) is 0 Å². The van der Waals surface area contributed by atoms with Gasteiger partial charge in [0.1, 0.15) is 17.4 Å². The highest BCUT2D eigenvalue weighted by Gasteiger charge is 2.48. The highest BCUT2D eigenvalue weighted by atomic mass is 19.4. The van der Waals surface area contributed by atoms with Crippen LogP contribution in [0.4, 0.5) is 26.3 Å². The zero-order valence-electron chi connectivity index (χ0n) is 15.2. The molecule has 0 radical (unpaired) electrons. The Bertz CT molecular complexity index is 1010. The van der Waals surface area contributed by atoms with Crippen LogP contribution in [0.15, 0.2) is 54.9 Å². The van der Waals surface area contributed by atoms with E-state index in [2.05, 4.69) is 20.1 Å². The summed E-state index contributed by atoms with van der Waals surface area (Å²) in [5.74, 6) is -0.864. The Morgan fingerprint density at radius 3 is 2.00 bits per heavy atom. The molecule has 0 saturated heterocycles. The van der Waals surface area contributed by atoms with Crippen molar-refractivity contribution in [1.82, 2.24) is 20.2 Å². The molecule has 1 aromatic heterocycles. The lowest BCUT2D eigenvalue weighted by Crippen LogP contribution is -2.40. The maximum atomic E-state index is 13.7. The second kappa shape index (κ2) is 7.59. The predicted molar refractivity (Wildman–Crippen MR) is 90.1 cm³/mol. The van der Waals surface area contributed by atoms with Gasteiger partial charge in [-0.05, 0) is 24.3 Å². The largest absolute Gasteiger partial charge is 0.573 e. The molecule has 2 atom stereocenters. The molecule has 3 aromatic rings. The number of hydrogen-bond acceptors (Lipinski definition) is 5. The van der Waals surface area contributed by atoms with Gasteiger partial charge in [-0.25, -0.2) is 0 Å². The number of aliphatic hydroxyl groups is 1. The van der Waals surface area contributed by atoms with E-state index < -0.39 is 46.6 Å². The van der Waals surface area contributed by atoms with Crippen LogP contribution in [-0.2, 0) is 11.8 Å². The minimum Gasteiger partial charge on any atom is -0.405 e. The molecule has 0 saturated carbocycles. The average Bonchev–Trinajstić information content (AvgIpc) is 3.20. The molecule has 160 valence electrons. The van der Waals surface area contributed by atoms with Crippen LogP contribution in [0.5, 0.6) is 5.75 Å². The van der Waals surface area contributed by atoms with Crippen LogP contribution in [0, 0.1) is 0 Å². The van der Waals surface area contributed by atoms with Crippen LogP contribution < -0.4 is 4.74 Å². The third kappa shape index (κ3) is 4.08.